The van der Waals surface area contributed by atoms with Crippen LogP contribution in [0.5, 0.6) is 0 Å². The van der Waals surface area contributed by atoms with Gasteiger partial charge in [0, 0.05) is 16.9 Å². The van der Waals surface area contributed by atoms with Gasteiger partial charge in [0.05, 0.1) is 11.3 Å². The van der Waals surface area contributed by atoms with Crippen LogP contribution in [0, 0.1) is 13.8 Å². The summed E-state index contributed by atoms with van der Waals surface area (Å²) in [7, 11) is 0. The third-order valence-electron chi connectivity index (χ3n) is 3.14. The van der Waals surface area contributed by atoms with Crippen LogP contribution in [0.4, 0.5) is 5.69 Å². The van der Waals surface area contributed by atoms with Crippen molar-refractivity contribution in [3.63, 3.8) is 0 Å². The van der Waals surface area contributed by atoms with E-state index in [-0.39, 0.29) is 5.91 Å². The van der Waals surface area contributed by atoms with Gasteiger partial charge in [-0.1, -0.05) is 17.7 Å². The molecule has 0 aliphatic heterocycles. The lowest BCUT2D eigenvalue weighted by Gasteiger charge is -2.08. The number of nitrogens with one attached hydrogen (secondary N) is 1. The Morgan fingerprint density at radius 2 is 2.14 bits per heavy atom. The van der Waals surface area contributed by atoms with Gasteiger partial charge in [-0.25, -0.2) is 9.50 Å². The number of rotatable bonds is 2. The lowest BCUT2D eigenvalue weighted by molar-refractivity contribution is 0.102. The van der Waals surface area contributed by atoms with Crippen molar-refractivity contribution in [2.45, 2.75) is 13.8 Å². The SMILES string of the molecule is Cc1ccc(NC(=O)c2cn3ncnc3nc2C)cc1Cl. The van der Waals surface area contributed by atoms with Crippen LogP contribution in [0.15, 0.2) is 30.7 Å². The fourth-order valence-electron chi connectivity index (χ4n) is 1.93. The Hall–Kier alpha value is -2.47. The minimum Gasteiger partial charge on any atom is -0.322 e. The monoisotopic (exact) mass is 301 g/mol. The summed E-state index contributed by atoms with van der Waals surface area (Å²) in [6.45, 7) is 3.66. The molecule has 1 amide bonds. The predicted octanol–water partition coefficient (Wildman–Crippen LogP) is 2.65. The first kappa shape index (κ1) is 13.5. The molecule has 106 valence electrons. The number of halogens is 1. The highest BCUT2D eigenvalue weighted by molar-refractivity contribution is 6.31. The first-order chi connectivity index (χ1) is 10.0. The number of amides is 1. The van der Waals surface area contributed by atoms with E-state index in [1.165, 1.54) is 10.8 Å². The largest absolute Gasteiger partial charge is 0.322 e. The van der Waals surface area contributed by atoms with Gasteiger partial charge >= 0.3 is 0 Å². The molecule has 0 saturated carbocycles. The van der Waals surface area contributed by atoms with E-state index >= 15 is 0 Å². The summed E-state index contributed by atoms with van der Waals surface area (Å²) in [4.78, 5) is 20.6. The normalized spacial score (nSPS) is 10.8. The third kappa shape index (κ3) is 2.57. The molecule has 6 nitrogen and oxygen atoms in total. The van der Waals surface area contributed by atoms with Crippen LogP contribution in [-0.4, -0.2) is 25.5 Å². The van der Waals surface area contributed by atoms with E-state index < -0.39 is 0 Å². The average molecular weight is 302 g/mol. The summed E-state index contributed by atoms with van der Waals surface area (Å²) in [6, 6.07) is 5.37. The second-order valence-electron chi connectivity index (χ2n) is 4.66. The fraction of sp³-hybridized carbons (Fsp3) is 0.143. The molecule has 3 rings (SSSR count). The van der Waals surface area contributed by atoms with Crippen molar-refractivity contribution in [1.29, 1.82) is 0 Å². The smallest absolute Gasteiger partial charge is 0.259 e. The molecule has 3 aromatic rings. The van der Waals surface area contributed by atoms with E-state index in [2.05, 4.69) is 20.4 Å². The number of aromatic nitrogens is 4. The van der Waals surface area contributed by atoms with Crippen LogP contribution in [0.3, 0.4) is 0 Å². The number of hydrogen-bond acceptors (Lipinski definition) is 4. The van der Waals surface area contributed by atoms with Gasteiger partial charge < -0.3 is 5.32 Å². The summed E-state index contributed by atoms with van der Waals surface area (Å²) in [5.74, 6) is 0.194. The summed E-state index contributed by atoms with van der Waals surface area (Å²) in [5, 5.41) is 7.38. The fourth-order valence-corrected chi connectivity index (χ4v) is 2.11. The van der Waals surface area contributed by atoms with Crippen molar-refractivity contribution >= 4 is 29.0 Å². The number of nitrogens with zero attached hydrogens (tertiary/aromatic N) is 4. The maximum Gasteiger partial charge on any atom is 0.259 e. The van der Waals surface area contributed by atoms with Crippen LogP contribution in [-0.2, 0) is 0 Å². The van der Waals surface area contributed by atoms with E-state index in [0.717, 1.165) is 5.56 Å². The molecule has 0 fully saturated rings. The Bertz CT molecular complexity index is 842. The number of benzene rings is 1. The Labute approximate surface area is 125 Å². The Kier molecular flexibility index (Phi) is 3.31. The molecule has 0 bridgehead atoms. The molecule has 0 spiro atoms. The molecular weight excluding hydrogens is 290 g/mol. The van der Waals surface area contributed by atoms with E-state index in [4.69, 9.17) is 11.6 Å². The number of hydrogen-bond donors (Lipinski definition) is 1. The van der Waals surface area contributed by atoms with Gasteiger partial charge in [0.1, 0.15) is 6.33 Å². The lowest BCUT2D eigenvalue weighted by atomic mass is 10.2. The van der Waals surface area contributed by atoms with E-state index in [1.807, 2.05) is 13.0 Å². The van der Waals surface area contributed by atoms with Crippen molar-refractivity contribution in [2.24, 2.45) is 0 Å². The van der Waals surface area contributed by atoms with Crippen molar-refractivity contribution in [1.82, 2.24) is 19.6 Å². The van der Waals surface area contributed by atoms with E-state index in [1.54, 1.807) is 25.3 Å². The number of aryl methyl sites for hydroxylation is 2. The van der Waals surface area contributed by atoms with Crippen molar-refractivity contribution in [3.8, 4) is 0 Å². The second kappa shape index (κ2) is 5.14. The van der Waals surface area contributed by atoms with Crippen molar-refractivity contribution in [3.05, 3.63) is 52.6 Å². The summed E-state index contributed by atoms with van der Waals surface area (Å²) in [6.07, 6.45) is 3.00. The van der Waals surface area contributed by atoms with Gasteiger partial charge in [-0.2, -0.15) is 10.1 Å². The molecule has 2 heterocycles. The first-order valence-corrected chi connectivity index (χ1v) is 6.67. The number of anilines is 1. The van der Waals surface area contributed by atoms with Crippen molar-refractivity contribution in [2.75, 3.05) is 5.32 Å². The quantitative estimate of drug-likeness (QED) is 0.790. The molecule has 0 aliphatic carbocycles. The molecule has 7 heteroatoms. The maximum atomic E-state index is 12.3. The highest BCUT2D eigenvalue weighted by atomic mass is 35.5. The van der Waals surface area contributed by atoms with Gasteiger partial charge in [0.2, 0.25) is 0 Å². The molecule has 0 aliphatic rings. The van der Waals surface area contributed by atoms with Gasteiger partial charge in [-0.15, -0.1) is 0 Å². The van der Waals surface area contributed by atoms with Crippen LogP contribution in [0.2, 0.25) is 5.02 Å². The highest BCUT2D eigenvalue weighted by Crippen LogP contribution is 2.20. The number of carbonyl (C=O) groups is 1. The maximum absolute atomic E-state index is 12.3. The van der Waals surface area contributed by atoms with Crippen LogP contribution in [0.25, 0.3) is 5.78 Å². The topological polar surface area (TPSA) is 72.2 Å². The van der Waals surface area contributed by atoms with Crippen molar-refractivity contribution < 1.29 is 4.79 Å². The van der Waals surface area contributed by atoms with E-state index in [9.17, 15) is 4.79 Å². The van der Waals surface area contributed by atoms with Crippen LogP contribution < -0.4 is 5.32 Å². The second-order valence-corrected chi connectivity index (χ2v) is 5.07. The summed E-state index contributed by atoms with van der Waals surface area (Å²) < 4.78 is 1.46. The zero-order chi connectivity index (χ0) is 15.0. The number of carbonyl (C=O) groups excluding carboxylic acids is 1. The van der Waals surface area contributed by atoms with Gasteiger partial charge in [-0.05, 0) is 31.5 Å². The molecular formula is C14H12ClN5O. The first-order valence-electron chi connectivity index (χ1n) is 6.29. The molecule has 1 aromatic carbocycles. The predicted molar refractivity (Wildman–Crippen MR) is 79.7 cm³/mol. The molecule has 0 atom stereocenters. The van der Waals surface area contributed by atoms with Crippen LogP contribution >= 0.6 is 11.6 Å². The Morgan fingerprint density at radius 1 is 1.33 bits per heavy atom. The van der Waals surface area contributed by atoms with Crippen LogP contribution in [0.1, 0.15) is 21.6 Å². The summed E-state index contributed by atoms with van der Waals surface area (Å²) >= 11 is 6.05. The standard InChI is InChI=1S/C14H12ClN5O/c1-8-3-4-10(5-12(8)15)19-13(21)11-6-20-14(16-7-17-20)18-9(11)2/h3-7H,1-2H3,(H,19,21). The third-order valence-corrected chi connectivity index (χ3v) is 3.54. The van der Waals surface area contributed by atoms with Gasteiger partial charge in [0.15, 0.2) is 0 Å². The van der Waals surface area contributed by atoms with Gasteiger partial charge in [-0.3, -0.25) is 4.79 Å². The Morgan fingerprint density at radius 3 is 2.90 bits per heavy atom. The molecule has 0 saturated heterocycles. The van der Waals surface area contributed by atoms with Gasteiger partial charge in [0.25, 0.3) is 11.7 Å². The molecule has 2 aromatic heterocycles. The number of fused-ring (bicyclic) bond motifs is 1. The molecule has 1 N–H and O–H groups in total. The lowest BCUT2D eigenvalue weighted by Crippen LogP contribution is -2.15. The Balaban J connectivity index is 1.92. The minimum atomic E-state index is -0.266. The van der Waals surface area contributed by atoms with E-state index in [0.29, 0.717) is 27.7 Å². The molecule has 0 radical (unpaired) electrons. The zero-order valence-electron chi connectivity index (χ0n) is 11.5. The summed E-state index contributed by atoms with van der Waals surface area (Å²) in [5.41, 5.74) is 2.61. The zero-order valence-corrected chi connectivity index (χ0v) is 12.2. The average Bonchev–Trinajstić information content (AvgIpc) is 2.89. The minimum absolute atomic E-state index is 0.266. The highest BCUT2D eigenvalue weighted by Gasteiger charge is 2.13. The molecule has 0 unspecified atom stereocenters. The molecule has 21 heavy (non-hydrogen) atoms.